The van der Waals surface area contributed by atoms with Crippen molar-refractivity contribution in [3.8, 4) is 6.07 Å². The Morgan fingerprint density at radius 3 is 2.47 bits per heavy atom. The first kappa shape index (κ1) is 14.6. The average molecular weight is 235 g/mol. The molecule has 0 aliphatic rings. The maximum absolute atomic E-state index is 11.6. The maximum atomic E-state index is 11.6. The zero-order chi connectivity index (χ0) is 11.7. The smallest absolute Gasteiger partial charge is 0.332 e. The van der Waals surface area contributed by atoms with Crippen LogP contribution in [0.15, 0.2) is 0 Å². The number of hydrogen-bond donors (Lipinski definition) is 0. The lowest BCUT2D eigenvalue weighted by atomic mass is 10.2. The Hall–Kier alpha value is -0.400. The van der Waals surface area contributed by atoms with Gasteiger partial charge in [0.15, 0.2) is 0 Å². The van der Waals surface area contributed by atoms with Gasteiger partial charge >= 0.3 is 7.60 Å². The third kappa shape index (κ3) is 6.64. The monoisotopic (exact) mass is 235 g/mol. The van der Waals surface area contributed by atoms with E-state index < -0.39 is 7.60 Å². The molecule has 1 atom stereocenters. The molecular formula is C9H18NO4P. The van der Waals surface area contributed by atoms with Gasteiger partial charge in [-0.1, -0.05) is 0 Å². The first-order chi connectivity index (χ1) is 7.08. The van der Waals surface area contributed by atoms with Crippen molar-refractivity contribution in [3.05, 3.63) is 0 Å². The van der Waals surface area contributed by atoms with Gasteiger partial charge in [0.25, 0.3) is 0 Å². The van der Waals surface area contributed by atoms with Crippen LogP contribution in [0.25, 0.3) is 0 Å². The van der Waals surface area contributed by atoms with Gasteiger partial charge in [-0.05, 0) is 13.3 Å². The van der Waals surface area contributed by atoms with Crippen molar-refractivity contribution in [1.82, 2.24) is 0 Å². The van der Waals surface area contributed by atoms with Crippen molar-refractivity contribution >= 4 is 7.60 Å². The van der Waals surface area contributed by atoms with E-state index in [4.69, 9.17) is 19.0 Å². The minimum Gasteiger partial charge on any atom is -0.378 e. The van der Waals surface area contributed by atoms with E-state index in [2.05, 4.69) is 0 Å². The fraction of sp³-hybridized carbons (Fsp3) is 0.889. The number of ether oxygens (including phenoxy) is 1. The van der Waals surface area contributed by atoms with Crippen LogP contribution in [0.3, 0.4) is 0 Å². The van der Waals surface area contributed by atoms with Crippen LogP contribution < -0.4 is 0 Å². The lowest BCUT2D eigenvalue weighted by Gasteiger charge is -2.15. The number of hydrogen-bond acceptors (Lipinski definition) is 5. The molecule has 0 aliphatic heterocycles. The molecule has 0 bridgehead atoms. The second kappa shape index (κ2) is 7.84. The van der Waals surface area contributed by atoms with Crippen molar-refractivity contribution in [1.29, 1.82) is 5.26 Å². The molecule has 0 aromatic carbocycles. The second-order valence-corrected chi connectivity index (χ2v) is 5.48. The maximum Gasteiger partial charge on any atom is 0.332 e. The highest BCUT2D eigenvalue weighted by Gasteiger charge is 2.20. The Kier molecular flexibility index (Phi) is 7.63. The summed E-state index contributed by atoms with van der Waals surface area (Å²) in [4.78, 5) is 0. The van der Waals surface area contributed by atoms with E-state index in [1.165, 1.54) is 14.2 Å². The highest BCUT2D eigenvalue weighted by Crippen LogP contribution is 2.45. The van der Waals surface area contributed by atoms with Crippen LogP contribution in [0.5, 0.6) is 0 Å². The largest absolute Gasteiger partial charge is 0.378 e. The van der Waals surface area contributed by atoms with Crippen molar-refractivity contribution in [2.45, 2.75) is 25.9 Å². The lowest BCUT2D eigenvalue weighted by Crippen LogP contribution is -2.12. The van der Waals surface area contributed by atoms with Crippen LogP contribution >= 0.6 is 7.60 Å². The minimum absolute atomic E-state index is 0.00758. The fourth-order valence-corrected chi connectivity index (χ4v) is 1.82. The summed E-state index contributed by atoms with van der Waals surface area (Å²) in [6, 6.07) is 2.04. The second-order valence-electron chi connectivity index (χ2n) is 3.08. The predicted molar refractivity (Wildman–Crippen MR) is 56.8 cm³/mol. The fourth-order valence-electron chi connectivity index (χ4n) is 0.974. The van der Waals surface area contributed by atoms with E-state index >= 15 is 0 Å². The summed E-state index contributed by atoms with van der Waals surface area (Å²) in [7, 11) is -0.252. The predicted octanol–water partition coefficient (Wildman–Crippen LogP) is 2.18. The number of nitrogens with zero attached hydrogens (tertiary/aromatic N) is 1. The van der Waals surface area contributed by atoms with Crippen molar-refractivity contribution in [3.63, 3.8) is 0 Å². The van der Waals surface area contributed by atoms with Gasteiger partial charge in [0.2, 0.25) is 0 Å². The Morgan fingerprint density at radius 1 is 1.40 bits per heavy atom. The molecule has 1 unspecified atom stereocenters. The van der Waals surface area contributed by atoms with Crippen molar-refractivity contribution < 1.29 is 18.3 Å². The first-order valence-corrected chi connectivity index (χ1v) is 6.50. The van der Waals surface area contributed by atoms with Gasteiger partial charge in [-0.2, -0.15) is 5.26 Å². The molecule has 0 fully saturated rings. The van der Waals surface area contributed by atoms with Crippen LogP contribution in [0.2, 0.25) is 0 Å². The molecule has 0 N–H and O–H groups in total. The van der Waals surface area contributed by atoms with E-state index in [0.29, 0.717) is 19.4 Å². The van der Waals surface area contributed by atoms with Gasteiger partial charge in [0, 0.05) is 20.6 Å². The Labute approximate surface area is 90.9 Å². The van der Waals surface area contributed by atoms with Gasteiger partial charge in [0.1, 0.15) is 0 Å². The van der Waals surface area contributed by atoms with Gasteiger partial charge in [-0.15, -0.1) is 0 Å². The van der Waals surface area contributed by atoms with Gasteiger partial charge in [-0.25, -0.2) is 0 Å². The van der Waals surface area contributed by atoms with Gasteiger partial charge in [-0.3, -0.25) is 4.57 Å². The third-order valence-electron chi connectivity index (χ3n) is 1.99. The highest BCUT2D eigenvalue weighted by molar-refractivity contribution is 7.53. The molecule has 0 heterocycles. The van der Waals surface area contributed by atoms with Crippen LogP contribution in [0, 0.1) is 11.3 Å². The molecule has 15 heavy (non-hydrogen) atoms. The third-order valence-corrected chi connectivity index (χ3v) is 3.83. The van der Waals surface area contributed by atoms with E-state index in [9.17, 15) is 4.57 Å². The summed E-state index contributed by atoms with van der Waals surface area (Å²) in [5.41, 5.74) is 0. The zero-order valence-electron chi connectivity index (χ0n) is 9.43. The van der Waals surface area contributed by atoms with E-state index in [1.807, 2.05) is 13.0 Å². The molecule has 0 radical (unpaired) electrons. The zero-order valence-corrected chi connectivity index (χ0v) is 10.3. The minimum atomic E-state index is -2.95. The van der Waals surface area contributed by atoms with Crippen LogP contribution in [0.4, 0.5) is 0 Å². The molecule has 0 spiro atoms. The molecule has 0 aromatic rings. The molecule has 0 aromatic heterocycles. The van der Waals surface area contributed by atoms with Gasteiger partial charge < -0.3 is 13.8 Å². The summed E-state index contributed by atoms with van der Waals surface area (Å²) in [5.74, 6) is 0. The Bertz CT molecular complexity index is 243. The summed E-state index contributed by atoms with van der Waals surface area (Å²) in [5, 5.41) is 8.36. The van der Waals surface area contributed by atoms with Crippen LogP contribution in [0.1, 0.15) is 19.8 Å². The molecule has 0 amide bonds. The van der Waals surface area contributed by atoms with Gasteiger partial charge in [0.05, 0.1) is 24.9 Å². The molecule has 0 saturated carbocycles. The summed E-state index contributed by atoms with van der Waals surface area (Å²) >= 11 is 0. The lowest BCUT2D eigenvalue weighted by molar-refractivity contribution is 0.0697. The quantitative estimate of drug-likeness (QED) is 0.603. The normalized spacial score (nSPS) is 13.5. The van der Waals surface area contributed by atoms with E-state index in [1.54, 1.807) is 0 Å². The standard InChI is InChI=1S/C9H18NO4P/c1-9(5-4-6-10)14-7-8-15(11,12-2)13-3/h9H,4-5,7-8H2,1-3H3. The van der Waals surface area contributed by atoms with Crippen molar-refractivity contribution in [2.75, 3.05) is 27.0 Å². The highest BCUT2D eigenvalue weighted by atomic mass is 31.2. The van der Waals surface area contributed by atoms with Crippen LogP contribution in [-0.4, -0.2) is 33.1 Å². The number of nitriles is 1. The summed E-state index contributed by atoms with van der Waals surface area (Å²) < 4.78 is 26.4. The molecule has 0 saturated heterocycles. The Morgan fingerprint density at radius 2 is 2.00 bits per heavy atom. The Balaban J connectivity index is 3.69. The SMILES string of the molecule is COP(=O)(CCOC(C)CCC#N)OC. The average Bonchev–Trinajstić information content (AvgIpc) is 2.26. The molecule has 6 heteroatoms. The topological polar surface area (TPSA) is 68.5 Å². The molecule has 5 nitrogen and oxygen atoms in total. The van der Waals surface area contributed by atoms with Crippen molar-refractivity contribution in [2.24, 2.45) is 0 Å². The molecule has 0 aliphatic carbocycles. The first-order valence-electron chi connectivity index (χ1n) is 4.77. The van der Waals surface area contributed by atoms with Crippen LogP contribution in [-0.2, 0) is 18.3 Å². The van der Waals surface area contributed by atoms with E-state index in [0.717, 1.165) is 0 Å². The summed E-state index contributed by atoms with van der Waals surface area (Å²) in [6.45, 7) is 2.19. The summed E-state index contributed by atoms with van der Waals surface area (Å²) in [6.07, 6.45) is 1.37. The number of rotatable bonds is 8. The molecular weight excluding hydrogens is 217 g/mol. The van der Waals surface area contributed by atoms with E-state index in [-0.39, 0.29) is 12.3 Å². The molecule has 0 rings (SSSR count). The molecule has 88 valence electrons.